The zero-order valence-corrected chi connectivity index (χ0v) is 12.7. The molecule has 0 atom stereocenters. The number of guanidine groups is 1. The van der Waals surface area contributed by atoms with Gasteiger partial charge in [-0.3, -0.25) is 4.99 Å². The van der Waals surface area contributed by atoms with Gasteiger partial charge in [-0.25, -0.2) is 0 Å². The molecule has 0 saturated heterocycles. The van der Waals surface area contributed by atoms with E-state index in [9.17, 15) is 0 Å². The van der Waals surface area contributed by atoms with E-state index in [4.69, 9.17) is 10.5 Å². The Morgan fingerprint density at radius 1 is 1.20 bits per heavy atom. The van der Waals surface area contributed by atoms with E-state index < -0.39 is 0 Å². The van der Waals surface area contributed by atoms with Crippen molar-refractivity contribution in [3.8, 4) is 5.75 Å². The molecule has 1 aromatic rings. The van der Waals surface area contributed by atoms with Crippen LogP contribution in [0.25, 0.3) is 0 Å². The van der Waals surface area contributed by atoms with Crippen LogP contribution in [-0.4, -0.2) is 25.7 Å². The largest absolute Gasteiger partial charge is 0.494 e. The fraction of sp³-hybridized carbons (Fsp3) is 0.562. The van der Waals surface area contributed by atoms with Gasteiger partial charge in [-0.15, -0.1) is 0 Å². The van der Waals surface area contributed by atoms with Crippen molar-refractivity contribution in [1.82, 2.24) is 5.32 Å². The maximum Gasteiger partial charge on any atom is 0.188 e. The van der Waals surface area contributed by atoms with E-state index in [1.165, 1.54) is 5.56 Å². The summed E-state index contributed by atoms with van der Waals surface area (Å²) in [6.45, 7) is 6.61. The molecule has 0 heterocycles. The first kappa shape index (κ1) is 16.3. The van der Waals surface area contributed by atoms with E-state index in [-0.39, 0.29) is 0 Å². The molecule has 0 aromatic heterocycles. The smallest absolute Gasteiger partial charge is 0.188 e. The van der Waals surface area contributed by atoms with Crippen molar-refractivity contribution in [1.29, 1.82) is 0 Å². The van der Waals surface area contributed by atoms with Crippen LogP contribution in [0, 0.1) is 6.92 Å². The first-order valence-electron chi connectivity index (χ1n) is 7.45. The predicted molar refractivity (Wildman–Crippen MR) is 85.3 cm³/mol. The van der Waals surface area contributed by atoms with Crippen LogP contribution in [0.3, 0.4) is 0 Å². The second-order valence-electron chi connectivity index (χ2n) is 4.92. The summed E-state index contributed by atoms with van der Waals surface area (Å²) in [4.78, 5) is 4.28. The van der Waals surface area contributed by atoms with Gasteiger partial charge in [0.1, 0.15) is 5.75 Å². The maximum absolute atomic E-state index is 5.74. The number of aliphatic imine (C=N–C) groups is 1. The Kier molecular flexibility index (Phi) is 8.27. The number of hydrogen-bond donors (Lipinski definition) is 2. The predicted octanol–water partition coefficient (Wildman–Crippen LogP) is 2.86. The molecule has 3 N–H and O–H groups in total. The van der Waals surface area contributed by atoms with Crippen LogP contribution in [0.5, 0.6) is 5.75 Å². The molecule has 1 aromatic carbocycles. The molecule has 4 heteroatoms. The highest BCUT2D eigenvalue weighted by Gasteiger charge is 1.94. The molecule has 0 amide bonds. The van der Waals surface area contributed by atoms with Crippen LogP contribution in [-0.2, 0) is 0 Å². The lowest BCUT2D eigenvalue weighted by atomic mass is 10.2. The highest BCUT2D eigenvalue weighted by Crippen LogP contribution is 2.11. The van der Waals surface area contributed by atoms with Crippen molar-refractivity contribution in [2.24, 2.45) is 10.7 Å². The van der Waals surface area contributed by atoms with E-state index in [2.05, 4.69) is 36.3 Å². The second-order valence-corrected chi connectivity index (χ2v) is 4.92. The topological polar surface area (TPSA) is 59.6 Å². The van der Waals surface area contributed by atoms with Gasteiger partial charge < -0.3 is 15.8 Å². The van der Waals surface area contributed by atoms with Gasteiger partial charge >= 0.3 is 0 Å². The minimum Gasteiger partial charge on any atom is -0.494 e. The SMILES string of the molecule is CCCCNC(N)=NCCCCOc1ccc(C)cc1. The van der Waals surface area contributed by atoms with Crippen molar-refractivity contribution in [3.63, 3.8) is 0 Å². The number of unbranched alkanes of at least 4 members (excludes halogenated alkanes) is 2. The third-order valence-corrected chi connectivity index (χ3v) is 2.96. The lowest BCUT2D eigenvalue weighted by Crippen LogP contribution is -2.32. The van der Waals surface area contributed by atoms with Gasteiger partial charge in [0.05, 0.1) is 6.61 Å². The molecule has 0 spiro atoms. The van der Waals surface area contributed by atoms with E-state index in [0.717, 1.165) is 51.1 Å². The summed E-state index contributed by atoms with van der Waals surface area (Å²) in [5.74, 6) is 1.48. The quantitative estimate of drug-likeness (QED) is 0.414. The van der Waals surface area contributed by atoms with Crippen LogP contribution in [0.2, 0.25) is 0 Å². The molecule has 0 aliphatic rings. The summed E-state index contributed by atoms with van der Waals surface area (Å²) in [5.41, 5.74) is 6.99. The van der Waals surface area contributed by atoms with Gasteiger partial charge in [0.15, 0.2) is 5.96 Å². The van der Waals surface area contributed by atoms with Gasteiger partial charge in [-0.1, -0.05) is 31.0 Å². The molecule has 1 rings (SSSR count). The maximum atomic E-state index is 5.74. The van der Waals surface area contributed by atoms with Gasteiger partial charge in [-0.05, 0) is 38.3 Å². The summed E-state index contributed by atoms with van der Waals surface area (Å²) < 4.78 is 5.65. The monoisotopic (exact) mass is 277 g/mol. The normalized spacial score (nSPS) is 11.4. The summed E-state index contributed by atoms with van der Waals surface area (Å²) >= 11 is 0. The van der Waals surface area contributed by atoms with Crippen LogP contribution >= 0.6 is 0 Å². The Morgan fingerprint density at radius 2 is 1.95 bits per heavy atom. The van der Waals surface area contributed by atoms with Crippen molar-refractivity contribution in [2.75, 3.05) is 19.7 Å². The first-order chi connectivity index (χ1) is 9.72. The Morgan fingerprint density at radius 3 is 2.65 bits per heavy atom. The average molecular weight is 277 g/mol. The van der Waals surface area contributed by atoms with Crippen LogP contribution in [0.15, 0.2) is 29.3 Å². The molecule has 0 unspecified atom stereocenters. The number of ether oxygens (including phenoxy) is 1. The summed E-state index contributed by atoms with van der Waals surface area (Å²) in [6, 6.07) is 8.12. The van der Waals surface area contributed by atoms with Crippen molar-refractivity contribution in [2.45, 2.75) is 39.5 Å². The fourth-order valence-corrected chi connectivity index (χ4v) is 1.69. The van der Waals surface area contributed by atoms with Crippen LogP contribution < -0.4 is 15.8 Å². The molecule has 0 bridgehead atoms. The molecule has 20 heavy (non-hydrogen) atoms. The van der Waals surface area contributed by atoms with Gasteiger partial charge in [0, 0.05) is 13.1 Å². The van der Waals surface area contributed by atoms with Crippen LogP contribution in [0.1, 0.15) is 38.2 Å². The van der Waals surface area contributed by atoms with Gasteiger partial charge in [0.2, 0.25) is 0 Å². The molecule has 0 fully saturated rings. The van der Waals surface area contributed by atoms with Crippen LogP contribution in [0.4, 0.5) is 0 Å². The van der Waals surface area contributed by atoms with Gasteiger partial charge in [0.25, 0.3) is 0 Å². The van der Waals surface area contributed by atoms with E-state index in [1.54, 1.807) is 0 Å². The minimum absolute atomic E-state index is 0.554. The fourth-order valence-electron chi connectivity index (χ4n) is 1.69. The Labute approximate surface area is 122 Å². The van der Waals surface area contributed by atoms with Crippen molar-refractivity contribution < 1.29 is 4.74 Å². The van der Waals surface area contributed by atoms with E-state index >= 15 is 0 Å². The highest BCUT2D eigenvalue weighted by molar-refractivity contribution is 5.77. The zero-order valence-electron chi connectivity index (χ0n) is 12.7. The molecule has 0 radical (unpaired) electrons. The number of nitrogens with two attached hydrogens (primary N) is 1. The summed E-state index contributed by atoms with van der Waals surface area (Å²) in [6.07, 6.45) is 4.26. The third kappa shape index (κ3) is 7.67. The molecule has 0 aliphatic heterocycles. The zero-order chi connectivity index (χ0) is 14.6. The number of aryl methyl sites for hydroxylation is 1. The van der Waals surface area contributed by atoms with E-state index in [1.807, 2.05) is 12.1 Å². The number of nitrogens with zero attached hydrogens (tertiary/aromatic N) is 1. The number of nitrogens with one attached hydrogen (secondary N) is 1. The number of benzene rings is 1. The molecule has 4 nitrogen and oxygen atoms in total. The number of hydrogen-bond acceptors (Lipinski definition) is 2. The van der Waals surface area contributed by atoms with Crippen molar-refractivity contribution >= 4 is 5.96 Å². The lowest BCUT2D eigenvalue weighted by Gasteiger charge is -2.06. The second kappa shape index (κ2) is 10.1. The molecule has 0 saturated carbocycles. The summed E-state index contributed by atoms with van der Waals surface area (Å²) in [5, 5.41) is 3.10. The molecular formula is C16H27N3O. The number of rotatable bonds is 9. The lowest BCUT2D eigenvalue weighted by molar-refractivity contribution is 0.308. The Balaban J connectivity index is 2.04. The highest BCUT2D eigenvalue weighted by atomic mass is 16.5. The molecule has 0 aliphatic carbocycles. The molecule has 112 valence electrons. The average Bonchev–Trinajstić information content (AvgIpc) is 2.45. The van der Waals surface area contributed by atoms with Crippen molar-refractivity contribution in [3.05, 3.63) is 29.8 Å². The molecular weight excluding hydrogens is 250 g/mol. The minimum atomic E-state index is 0.554. The third-order valence-electron chi connectivity index (χ3n) is 2.96. The standard InChI is InChI=1S/C16H27N3O/c1-3-4-11-18-16(17)19-12-5-6-13-20-15-9-7-14(2)8-10-15/h7-10H,3-6,11-13H2,1-2H3,(H3,17,18,19). The van der Waals surface area contributed by atoms with Gasteiger partial charge in [-0.2, -0.15) is 0 Å². The van der Waals surface area contributed by atoms with E-state index in [0.29, 0.717) is 5.96 Å². The Hall–Kier alpha value is -1.71. The Bertz CT molecular complexity index is 387. The summed E-state index contributed by atoms with van der Waals surface area (Å²) in [7, 11) is 0. The first-order valence-corrected chi connectivity index (χ1v) is 7.45.